The molecule has 1 aromatic heterocycles. The molecule has 8 heteroatoms. The van der Waals surface area contributed by atoms with Crippen LogP contribution in [0.5, 0.6) is 0 Å². The van der Waals surface area contributed by atoms with Gasteiger partial charge in [0, 0.05) is 30.2 Å². The fraction of sp³-hybridized carbons (Fsp3) is 0.312. The molecule has 1 fully saturated rings. The quantitative estimate of drug-likeness (QED) is 0.623. The van der Waals surface area contributed by atoms with Crippen LogP contribution in [0.3, 0.4) is 0 Å². The molecule has 0 radical (unpaired) electrons. The van der Waals surface area contributed by atoms with Crippen molar-refractivity contribution in [1.29, 1.82) is 0 Å². The average molecular weight is 339 g/mol. The second-order valence-electron chi connectivity index (χ2n) is 6.43. The zero-order chi connectivity index (χ0) is 17.5. The molecule has 0 unspecified atom stereocenters. The first kappa shape index (κ1) is 16.9. The van der Waals surface area contributed by atoms with Crippen molar-refractivity contribution in [3.8, 4) is 11.3 Å². The summed E-state index contributed by atoms with van der Waals surface area (Å²) in [5, 5.41) is 0. The highest BCUT2D eigenvalue weighted by atomic mass is 19.1. The maximum absolute atomic E-state index is 14.8. The van der Waals surface area contributed by atoms with Gasteiger partial charge in [0.2, 0.25) is 0 Å². The molecule has 1 aromatic carbocycles. The minimum absolute atomic E-state index is 0.0626. The fourth-order valence-electron chi connectivity index (χ4n) is 2.44. The van der Waals surface area contributed by atoms with Gasteiger partial charge in [0.25, 0.3) is 0 Å². The summed E-state index contributed by atoms with van der Waals surface area (Å²) in [5.41, 5.74) is -1.57. The number of rotatable bonds is 2. The number of hydrogen-bond donors (Lipinski definition) is 0. The molecule has 24 heavy (non-hydrogen) atoms. The third-order valence-electron chi connectivity index (χ3n) is 3.67. The van der Waals surface area contributed by atoms with Crippen LogP contribution < -0.4 is 5.46 Å². The Balaban J connectivity index is 2.03. The van der Waals surface area contributed by atoms with E-state index in [1.807, 2.05) is 13.8 Å². The first-order valence-corrected chi connectivity index (χ1v) is 7.31. The highest BCUT2D eigenvalue weighted by Crippen LogP contribution is 2.28. The lowest BCUT2D eigenvalue weighted by molar-refractivity contribution is 0.0340. The van der Waals surface area contributed by atoms with E-state index in [1.165, 1.54) is 6.07 Å². The van der Waals surface area contributed by atoms with Crippen LogP contribution in [0.15, 0.2) is 24.4 Å². The summed E-state index contributed by atoms with van der Waals surface area (Å²) in [5.74, 6) is -4.14. The van der Waals surface area contributed by atoms with Crippen LogP contribution in [0, 0.1) is 28.7 Å². The van der Waals surface area contributed by atoms with E-state index in [9.17, 15) is 17.6 Å². The van der Waals surface area contributed by atoms with Crippen LogP contribution >= 0.6 is 0 Å². The average Bonchev–Trinajstić information content (AvgIpc) is 2.50. The molecule has 0 N–H and O–H groups in total. The first-order valence-electron chi connectivity index (χ1n) is 7.31. The molecule has 1 saturated heterocycles. The van der Waals surface area contributed by atoms with Crippen molar-refractivity contribution in [3.05, 3.63) is 47.7 Å². The van der Waals surface area contributed by atoms with E-state index < -0.39 is 41.6 Å². The summed E-state index contributed by atoms with van der Waals surface area (Å²) in [7, 11) is -1.03. The van der Waals surface area contributed by atoms with Crippen molar-refractivity contribution in [2.24, 2.45) is 5.41 Å². The Morgan fingerprint density at radius 2 is 1.71 bits per heavy atom. The maximum Gasteiger partial charge on any atom is 0.496 e. The Bertz CT molecular complexity index is 775. The van der Waals surface area contributed by atoms with Crippen LogP contribution in [-0.2, 0) is 9.31 Å². The van der Waals surface area contributed by atoms with Crippen LogP contribution in [0.2, 0.25) is 0 Å². The lowest BCUT2D eigenvalue weighted by Gasteiger charge is -2.33. The molecule has 2 aromatic rings. The second kappa shape index (κ2) is 6.18. The molecule has 0 amide bonds. The lowest BCUT2D eigenvalue weighted by atomic mass is 9.74. The molecular weight excluding hydrogens is 325 g/mol. The maximum atomic E-state index is 14.8. The molecule has 0 saturated carbocycles. The van der Waals surface area contributed by atoms with Gasteiger partial charge in [-0.25, -0.2) is 22.5 Å². The van der Waals surface area contributed by atoms with Gasteiger partial charge in [0.05, 0.1) is 11.8 Å². The van der Waals surface area contributed by atoms with Gasteiger partial charge in [-0.05, 0) is 6.07 Å². The monoisotopic (exact) mass is 339 g/mol. The third kappa shape index (κ3) is 3.16. The largest absolute Gasteiger partial charge is 0.496 e. The molecule has 1 aliphatic rings. The van der Waals surface area contributed by atoms with Gasteiger partial charge < -0.3 is 9.31 Å². The van der Waals surface area contributed by atoms with Crippen LogP contribution in [0.4, 0.5) is 17.6 Å². The summed E-state index contributed by atoms with van der Waals surface area (Å²) in [6.07, 6.45) is 0.695. The molecule has 3 nitrogen and oxygen atoms in total. The van der Waals surface area contributed by atoms with E-state index in [4.69, 9.17) is 9.31 Å². The van der Waals surface area contributed by atoms with E-state index in [0.717, 1.165) is 6.07 Å². The lowest BCUT2D eigenvalue weighted by Crippen LogP contribution is -2.48. The molecule has 1 aliphatic heterocycles. The Hall–Kier alpha value is -1.93. The summed E-state index contributed by atoms with van der Waals surface area (Å²) in [6.45, 7) is 4.50. The molecule has 0 aliphatic carbocycles. The van der Waals surface area contributed by atoms with Crippen LogP contribution in [0.25, 0.3) is 11.3 Å². The Morgan fingerprint density at radius 1 is 1.04 bits per heavy atom. The number of benzene rings is 1. The van der Waals surface area contributed by atoms with Crippen molar-refractivity contribution < 1.29 is 26.9 Å². The van der Waals surface area contributed by atoms with Gasteiger partial charge in [-0.15, -0.1) is 0 Å². The smallest absolute Gasteiger partial charge is 0.407 e. The predicted octanol–water partition coefficient (Wildman–Crippen LogP) is 3.07. The Morgan fingerprint density at radius 3 is 2.33 bits per heavy atom. The Labute approximate surface area is 136 Å². The SMILES string of the molecule is CC1(C)COB(c2ccc(F)c(-c3ncc(F)cc3F)c2F)OC1. The van der Waals surface area contributed by atoms with Crippen molar-refractivity contribution >= 4 is 12.6 Å². The van der Waals surface area contributed by atoms with E-state index in [0.29, 0.717) is 25.5 Å². The summed E-state index contributed by atoms with van der Waals surface area (Å²) in [4.78, 5) is 3.47. The minimum atomic E-state index is -1.16. The molecule has 126 valence electrons. The summed E-state index contributed by atoms with van der Waals surface area (Å²) in [6, 6.07) is 2.67. The highest BCUT2D eigenvalue weighted by Gasteiger charge is 2.36. The fourth-order valence-corrected chi connectivity index (χ4v) is 2.44. The molecule has 3 rings (SSSR count). The number of pyridine rings is 1. The normalized spacial score (nSPS) is 17.2. The molecule has 0 bridgehead atoms. The number of hydrogen-bond acceptors (Lipinski definition) is 3. The standard InChI is InChI=1S/C16H14BF4NO2/c1-16(2)7-23-17(24-8-16)10-3-4-11(19)13(14(10)21)15-12(20)5-9(18)6-22-15/h3-6H,7-8H2,1-2H3. The zero-order valence-electron chi connectivity index (χ0n) is 13.1. The zero-order valence-corrected chi connectivity index (χ0v) is 13.1. The molecular formula is C16H14BF4NO2. The van der Waals surface area contributed by atoms with Crippen molar-refractivity contribution in [2.45, 2.75) is 13.8 Å². The van der Waals surface area contributed by atoms with Gasteiger partial charge in [-0.1, -0.05) is 19.9 Å². The van der Waals surface area contributed by atoms with Crippen LogP contribution in [0.1, 0.15) is 13.8 Å². The second-order valence-corrected chi connectivity index (χ2v) is 6.43. The predicted molar refractivity (Wildman–Crippen MR) is 80.6 cm³/mol. The van der Waals surface area contributed by atoms with Gasteiger partial charge >= 0.3 is 7.12 Å². The first-order chi connectivity index (χ1) is 11.3. The van der Waals surface area contributed by atoms with Crippen molar-refractivity contribution in [2.75, 3.05) is 13.2 Å². The highest BCUT2D eigenvalue weighted by molar-refractivity contribution is 6.61. The third-order valence-corrected chi connectivity index (χ3v) is 3.67. The molecule has 0 spiro atoms. The van der Waals surface area contributed by atoms with Crippen molar-refractivity contribution in [1.82, 2.24) is 4.98 Å². The number of nitrogens with zero attached hydrogens (tertiary/aromatic N) is 1. The minimum Gasteiger partial charge on any atom is -0.407 e. The summed E-state index contributed by atoms with van der Waals surface area (Å²) < 4.78 is 66.7. The van der Waals surface area contributed by atoms with Gasteiger partial charge in [-0.2, -0.15) is 0 Å². The van der Waals surface area contributed by atoms with Gasteiger partial charge in [0.1, 0.15) is 23.1 Å². The van der Waals surface area contributed by atoms with Gasteiger partial charge in [0.15, 0.2) is 5.82 Å². The topological polar surface area (TPSA) is 31.4 Å². The van der Waals surface area contributed by atoms with Crippen molar-refractivity contribution in [3.63, 3.8) is 0 Å². The Kier molecular flexibility index (Phi) is 4.36. The number of aromatic nitrogens is 1. The van der Waals surface area contributed by atoms with E-state index >= 15 is 0 Å². The van der Waals surface area contributed by atoms with Crippen LogP contribution in [-0.4, -0.2) is 25.3 Å². The summed E-state index contributed by atoms with van der Waals surface area (Å²) >= 11 is 0. The molecule has 0 atom stereocenters. The molecule has 2 heterocycles. The van der Waals surface area contributed by atoms with E-state index in [1.54, 1.807) is 0 Å². The van der Waals surface area contributed by atoms with Gasteiger partial charge in [-0.3, -0.25) is 0 Å². The van der Waals surface area contributed by atoms with E-state index in [2.05, 4.69) is 4.98 Å². The number of halogens is 4. The van der Waals surface area contributed by atoms with E-state index in [-0.39, 0.29) is 10.9 Å².